The van der Waals surface area contributed by atoms with Crippen molar-refractivity contribution in [3.05, 3.63) is 65.0 Å². The van der Waals surface area contributed by atoms with Crippen LogP contribution in [0.15, 0.2) is 52.3 Å². The average Bonchev–Trinajstić information content (AvgIpc) is 3.52. The van der Waals surface area contributed by atoms with Gasteiger partial charge in [-0.05, 0) is 55.8 Å². The number of hydrogen-bond donors (Lipinski definition) is 2. The van der Waals surface area contributed by atoms with Crippen LogP contribution in [0.4, 0.5) is 0 Å². The quantitative estimate of drug-likeness (QED) is 0.456. The summed E-state index contributed by atoms with van der Waals surface area (Å²) in [6.45, 7) is 5.46. The third kappa shape index (κ3) is 4.43. The third-order valence-electron chi connectivity index (χ3n) is 5.93. The van der Waals surface area contributed by atoms with E-state index in [-0.39, 0.29) is 5.91 Å². The monoisotopic (exact) mass is 434 g/mol. The largest absolute Gasteiger partial charge is 0.440 e. The van der Waals surface area contributed by atoms with Gasteiger partial charge in [0.25, 0.3) is 5.91 Å². The molecule has 4 aromatic rings. The minimum absolute atomic E-state index is 0.0405. The van der Waals surface area contributed by atoms with Gasteiger partial charge in [0.2, 0.25) is 5.89 Å². The van der Waals surface area contributed by atoms with E-state index in [2.05, 4.69) is 15.2 Å². The summed E-state index contributed by atoms with van der Waals surface area (Å²) in [7, 11) is 0. The lowest BCUT2D eigenvalue weighted by atomic mass is 9.97. The number of thiophene rings is 1. The van der Waals surface area contributed by atoms with Crippen molar-refractivity contribution in [2.24, 2.45) is 5.92 Å². The maximum Gasteiger partial charge on any atom is 0.267 e. The number of aromatic nitrogens is 2. The van der Waals surface area contributed by atoms with Crippen LogP contribution in [0.25, 0.3) is 21.7 Å². The van der Waals surface area contributed by atoms with Crippen LogP contribution in [0.2, 0.25) is 0 Å². The Bertz CT molecular complexity index is 1140. The summed E-state index contributed by atoms with van der Waals surface area (Å²) in [5.74, 6) is 1.99. The molecule has 31 heavy (non-hydrogen) atoms. The van der Waals surface area contributed by atoms with Crippen LogP contribution in [0.5, 0.6) is 0 Å². The van der Waals surface area contributed by atoms with E-state index >= 15 is 0 Å². The summed E-state index contributed by atoms with van der Waals surface area (Å²) in [4.78, 5) is 24.0. The van der Waals surface area contributed by atoms with Gasteiger partial charge in [-0.25, -0.2) is 4.98 Å². The Morgan fingerprint density at radius 3 is 3.06 bits per heavy atom. The van der Waals surface area contributed by atoms with Crippen LogP contribution in [-0.4, -0.2) is 40.4 Å². The van der Waals surface area contributed by atoms with Crippen LogP contribution in [0, 0.1) is 12.8 Å². The second-order valence-corrected chi connectivity index (χ2v) is 9.17. The summed E-state index contributed by atoms with van der Waals surface area (Å²) in [5.41, 5.74) is 2.61. The Kier molecular flexibility index (Phi) is 5.61. The Hall–Kier alpha value is -2.90. The molecular weight excluding hydrogens is 408 g/mol. The molecule has 1 aliphatic rings. The SMILES string of the molecule is Cc1oc(-c2cccs2)nc1CN1CCC[C@H](CNC(=O)c2cc3ccccc3[nH]2)C1. The van der Waals surface area contributed by atoms with Gasteiger partial charge in [0.15, 0.2) is 0 Å². The number of oxazole rings is 1. The zero-order chi connectivity index (χ0) is 21.2. The first-order valence-corrected chi connectivity index (χ1v) is 11.6. The fourth-order valence-corrected chi connectivity index (χ4v) is 4.93. The lowest BCUT2D eigenvalue weighted by molar-refractivity contribution is 0.0926. The number of nitrogens with one attached hydrogen (secondary N) is 2. The lowest BCUT2D eigenvalue weighted by Gasteiger charge is -2.32. The van der Waals surface area contributed by atoms with E-state index in [0.29, 0.717) is 24.0 Å². The molecule has 7 heteroatoms. The zero-order valence-electron chi connectivity index (χ0n) is 17.6. The van der Waals surface area contributed by atoms with E-state index in [0.717, 1.165) is 59.7 Å². The highest BCUT2D eigenvalue weighted by Gasteiger charge is 2.23. The molecule has 160 valence electrons. The number of fused-ring (bicyclic) bond motifs is 1. The minimum atomic E-state index is -0.0405. The molecule has 0 unspecified atom stereocenters. The van der Waals surface area contributed by atoms with Crippen molar-refractivity contribution in [3.63, 3.8) is 0 Å². The van der Waals surface area contributed by atoms with Gasteiger partial charge in [0.1, 0.15) is 11.5 Å². The molecular formula is C24H26N4O2S. The number of amides is 1. The van der Waals surface area contributed by atoms with Crippen molar-refractivity contribution >= 4 is 28.1 Å². The fraction of sp³-hybridized carbons (Fsp3) is 0.333. The first-order valence-electron chi connectivity index (χ1n) is 10.7. The maximum absolute atomic E-state index is 12.6. The van der Waals surface area contributed by atoms with Crippen LogP contribution in [0.1, 0.15) is 34.8 Å². The molecule has 6 nitrogen and oxygen atoms in total. The number of nitrogens with zero attached hydrogens (tertiary/aromatic N) is 2. The fourth-order valence-electron chi connectivity index (χ4n) is 4.28. The number of hydrogen-bond acceptors (Lipinski definition) is 5. The van der Waals surface area contributed by atoms with Gasteiger partial charge >= 0.3 is 0 Å². The molecule has 2 N–H and O–H groups in total. The number of aryl methyl sites for hydroxylation is 1. The Morgan fingerprint density at radius 1 is 1.32 bits per heavy atom. The topological polar surface area (TPSA) is 74.2 Å². The zero-order valence-corrected chi connectivity index (χ0v) is 18.4. The second-order valence-electron chi connectivity index (χ2n) is 8.22. The van der Waals surface area contributed by atoms with E-state index in [4.69, 9.17) is 9.40 Å². The molecule has 0 saturated carbocycles. The standard InChI is InChI=1S/C24H26N4O2S/c1-16-21(27-24(30-16)22-9-5-11-31-22)15-28-10-4-6-17(14-28)13-25-23(29)20-12-18-7-2-3-8-19(18)26-20/h2-3,5,7-9,11-12,17,26H,4,6,10,13-15H2,1H3,(H,25,29)/t17-/m1/s1. The van der Waals surface area contributed by atoms with Gasteiger partial charge in [-0.3, -0.25) is 9.69 Å². The molecule has 1 aromatic carbocycles. The molecule has 1 atom stereocenters. The van der Waals surface area contributed by atoms with E-state index < -0.39 is 0 Å². The van der Waals surface area contributed by atoms with Crippen LogP contribution >= 0.6 is 11.3 Å². The molecule has 1 saturated heterocycles. The molecule has 1 fully saturated rings. The molecule has 1 aliphatic heterocycles. The van der Waals surface area contributed by atoms with E-state index in [9.17, 15) is 4.79 Å². The molecule has 3 aromatic heterocycles. The predicted octanol–water partition coefficient (Wildman–Crippen LogP) is 4.83. The molecule has 0 radical (unpaired) electrons. The van der Waals surface area contributed by atoms with Gasteiger partial charge in [-0.15, -0.1) is 11.3 Å². The van der Waals surface area contributed by atoms with Crippen LogP contribution in [0.3, 0.4) is 0 Å². The van der Waals surface area contributed by atoms with Crippen molar-refractivity contribution in [2.45, 2.75) is 26.3 Å². The third-order valence-corrected chi connectivity index (χ3v) is 6.78. The molecule has 0 spiro atoms. The maximum atomic E-state index is 12.6. The van der Waals surface area contributed by atoms with Crippen molar-refractivity contribution in [1.29, 1.82) is 0 Å². The number of carbonyl (C=O) groups is 1. The summed E-state index contributed by atoms with van der Waals surface area (Å²) in [6, 6.07) is 13.9. The Balaban J connectivity index is 1.17. The molecule has 5 rings (SSSR count). The van der Waals surface area contributed by atoms with Gasteiger partial charge in [0.05, 0.1) is 10.6 Å². The molecule has 0 aliphatic carbocycles. The highest BCUT2D eigenvalue weighted by molar-refractivity contribution is 7.13. The van der Waals surface area contributed by atoms with Crippen LogP contribution in [-0.2, 0) is 6.54 Å². The highest BCUT2D eigenvalue weighted by atomic mass is 32.1. The van der Waals surface area contributed by atoms with Gasteiger partial charge < -0.3 is 14.7 Å². The van der Waals surface area contributed by atoms with Crippen molar-refractivity contribution in [1.82, 2.24) is 20.2 Å². The number of para-hydroxylation sites is 1. The first-order chi connectivity index (χ1) is 15.2. The highest BCUT2D eigenvalue weighted by Crippen LogP contribution is 2.27. The van der Waals surface area contributed by atoms with E-state index in [1.54, 1.807) is 11.3 Å². The normalized spacial score (nSPS) is 17.3. The molecule has 0 bridgehead atoms. The van der Waals surface area contributed by atoms with Crippen molar-refractivity contribution in [3.8, 4) is 10.8 Å². The molecule has 1 amide bonds. The Labute approximate surface area is 185 Å². The van der Waals surface area contributed by atoms with Crippen molar-refractivity contribution < 1.29 is 9.21 Å². The predicted molar refractivity (Wildman–Crippen MR) is 123 cm³/mol. The summed E-state index contributed by atoms with van der Waals surface area (Å²) in [5, 5.41) is 6.21. The Morgan fingerprint density at radius 2 is 2.23 bits per heavy atom. The number of benzene rings is 1. The number of carbonyl (C=O) groups excluding carboxylic acids is 1. The number of rotatable bonds is 6. The number of H-pyrrole nitrogens is 1. The minimum Gasteiger partial charge on any atom is -0.440 e. The molecule has 4 heterocycles. The van der Waals surface area contributed by atoms with Crippen molar-refractivity contribution in [2.75, 3.05) is 19.6 Å². The smallest absolute Gasteiger partial charge is 0.267 e. The summed E-state index contributed by atoms with van der Waals surface area (Å²) in [6.07, 6.45) is 2.25. The summed E-state index contributed by atoms with van der Waals surface area (Å²) < 4.78 is 5.89. The lowest BCUT2D eigenvalue weighted by Crippen LogP contribution is -2.40. The number of likely N-dealkylation sites (tertiary alicyclic amines) is 1. The van der Waals surface area contributed by atoms with Gasteiger partial charge in [-0.1, -0.05) is 24.3 Å². The van der Waals surface area contributed by atoms with Gasteiger partial charge in [-0.2, -0.15) is 0 Å². The van der Waals surface area contributed by atoms with Crippen LogP contribution < -0.4 is 5.32 Å². The van der Waals surface area contributed by atoms with E-state index in [1.807, 2.05) is 54.8 Å². The average molecular weight is 435 g/mol. The second kappa shape index (κ2) is 8.69. The van der Waals surface area contributed by atoms with Gasteiger partial charge in [0, 0.05) is 30.5 Å². The summed E-state index contributed by atoms with van der Waals surface area (Å²) >= 11 is 1.64. The number of piperidine rings is 1. The van der Waals surface area contributed by atoms with E-state index in [1.165, 1.54) is 0 Å². The number of aromatic amines is 1. The first kappa shape index (κ1) is 20.0.